The Morgan fingerprint density at radius 2 is 2.15 bits per heavy atom. The molecular weight excluding hydrogens is 236 g/mol. The van der Waals surface area contributed by atoms with Gasteiger partial charge in [-0.3, -0.25) is 0 Å². The van der Waals surface area contributed by atoms with E-state index in [4.69, 9.17) is 9.84 Å². The van der Waals surface area contributed by atoms with Crippen molar-refractivity contribution >= 4 is 15.9 Å². The molecule has 0 radical (unpaired) electrons. The molecule has 0 saturated heterocycles. The molecule has 0 bridgehead atoms. The van der Waals surface area contributed by atoms with Crippen molar-refractivity contribution in [1.29, 1.82) is 0 Å². The Morgan fingerprint density at radius 1 is 1.46 bits per heavy atom. The third kappa shape index (κ3) is 2.35. The first-order valence-corrected chi connectivity index (χ1v) is 4.73. The zero-order valence-electron chi connectivity index (χ0n) is 7.25. The molecule has 0 heterocycles. The van der Waals surface area contributed by atoms with Gasteiger partial charge in [-0.2, -0.15) is 0 Å². The highest BCUT2D eigenvalue weighted by Gasteiger charge is 2.07. The Balaban J connectivity index is 3.06. The summed E-state index contributed by atoms with van der Waals surface area (Å²) in [7, 11) is 0. The normalized spacial score (nSPS) is 10.1. The van der Waals surface area contributed by atoms with Gasteiger partial charge in [0.2, 0.25) is 0 Å². The highest BCUT2D eigenvalue weighted by molar-refractivity contribution is 9.10. The molecule has 0 aliphatic rings. The number of aliphatic hydroxyl groups excluding tert-OH is 1. The molecule has 0 saturated carbocycles. The van der Waals surface area contributed by atoms with Crippen molar-refractivity contribution in [2.24, 2.45) is 0 Å². The second-order valence-electron chi connectivity index (χ2n) is 2.50. The Hall–Kier alpha value is -0.740. The van der Waals surface area contributed by atoms with E-state index in [1.165, 1.54) is 0 Å². The molecule has 1 rings (SSSR count). The molecule has 72 valence electrons. The van der Waals surface area contributed by atoms with Gasteiger partial charge in [0.25, 0.3) is 0 Å². The second-order valence-corrected chi connectivity index (χ2v) is 3.36. The minimum absolute atomic E-state index is 0.0611. The lowest BCUT2D eigenvalue weighted by atomic mass is 10.2. The molecule has 0 atom stereocenters. The lowest BCUT2D eigenvalue weighted by Crippen LogP contribution is -1.93. The van der Waals surface area contributed by atoms with Crippen molar-refractivity contribution in [1.82, 2.24) is 0 Å². The molecule has 0 aliphatic heterocycles. The molecule has 0 fully saturated rings. The van der Waals surface area contributed by atoms with Crippen LogP contribution in [0, 0.1) is 0 Å². The molecule has 13 heavy (non-hydrogen) atoms. The number of rotatable bonds is 3. The van der Waals surface area contributed by atoms with Crippen LogP contribution in [0.25, 0.3) is 0 Å². The molecule has 0 aromatic heterocycles. The molecule has 0 spiro atoms. The van der Waals surface area contributed by atoms with Crippen molar-refractivity contribution in [3.63, 3.8) is 0 Å². The number of aromatic hydroxyl groups is 1. The summed E-state index contributed by atoms with van der Waals surface area (Å²) in [6.07, 6.45) is 0. The second kappa shape index (κ2) is 4.48. The zero-order valence-corrected chi connectivity index (χ0v) is 8.84. The van der Waals surface area contributed by atoms with Crippen LogP contribution in [0.15, 0.2) is 16.6 Å². The summed E-state index contributed by atoms with van der Waals surface area (Å²) in [6, 6.07) is 3.28. The summed E-state index contributed by atoms with van der Waals surface area (Å²) < 4.78 is 5.76. The number of hydrogen-bond donors (Lipinski definition) is 2. The topological polar surface area (TPSA) is 49.7 Å². The van der Waals surface area contributed by atoms with E-state index in [2.05, 4.69) is 15.9 Å². The summed E-state index contributed by atoms with van der Waals surface area (Å²) in [5.74, 6) is 0.696. The summed E-state index contributed by atoms with van der Waals surface area (Å²) >= 11 is 3.17. The Kier molecular flexibility index (Phi) is 3.57. The summed E-state index contributed by atoms with van der Waals surface area (Å²) in [5.41, 5.74) is 0.456. The van der Waals surface area contributed by atoms with Gasteiger partial charge in [0.05, 0.1) is 17.7 Å². The van der Waals surface area contributed by atoms with Gasteiger partial charge in [-0.25, -0.2) is 0 Å². The SMILES string of the molecule is CCOc1cc(Br)c(O)c(CO)c1. The summed E-state index contributed by atoms with van der Waals surface area (Å²) in [5, 5.41) is 18.3. The highest BCUT2D eigenvalue weighted by atomic mass is 79.9. The summed E-state index contributed by atoms with van der Waals surface area (Å²) in [6.45, 7) is 2.23. The molecule has 1 aromatic rings. The van der Waals surface area contributed by atoms with Gasteiger partial charge in [-0.1, -0.05) is 0 Å². The van der Waals surface area contributed by atoms with Gasteiger partial charge < -0.3 is 14.9 Å². The number of aliphatic hydroxyl groups is 1. The van der Waals surface area contributed by atoms with Crippen LogP contribution >= 0.6 is 15.9 Å². The predicted molar refractivity (Wildman–Crippen MR) is 52.9 cm³/mol. The third-order valence-corrected chi connectivity index (χ3v) is 2.20. The minimum atomic E-state index is -0.203. The molecule has 0 unspecified atom stereocenters. The largest absolute Gasteiger partial charge is 0.506 e. The van der Waals surface area contributed by atoms with Crippen molar-refractivity contribution in [3.8, 4) is 11.5 Å². The van der Waals surface area contributed by atoms with Crippen LogP contribution in [-0.4, -0.2) is 16.8 Å². The molecule has 0 aliphatic carbocycles. The van der Waals surface area contributed by atoms with E-state index in [9.17, 15) is 5.11 Å². The van der Waals surface area contributed by atoms with E-state index in [1.54, 1.807) is 12.1 Å². The maximum absolute atomic E-state index is 9.43. The van der Waals surface area contributed by atoms with E-state index >= 15 is 0 Å². The Bertz CT molecular complexity index is 299. The number of ether oxygens (including phenoxy) is 1. The number of hydrogen-bond acceptors (Lipinski definition) is 3. The number of halogens is 1. The number of benzene rings is 1. The number of phenols is 1. The van der Waals surface area contributed by atoms with Gasteiger partial charge in [0.15, 0.2) is 0 Å². The highest BCUT2D eigenvalue weighted by Crippen LogP contribution is 2.32. The maximum Gasteiger partial charge on any atom is 0.135 e. The van der Waals surface area contributed by atoms with Crippen LogP contribution < -0.4 is 4.74 Å². The first kappa shape index (κ1) is 10.3. The Labute approximate surface area is 85.1 Å². The first-order valence-electron chi connectivity index (χ1n) is 3.94. The predicted octanol–water partition coefficient (Wildman–Crippen LogP) is 2.05. The average Bonchev–Trinajstić information content (AvgIpc) is 2.11. The molecule has 4 heteroatoms. The first-order chi connectivity index (χ1) is 6.19. The van der Waals surface area contributed by atoms with Crippen LogP contribution in [0.2, 0.25) is 0 Å². The fourth-order valence-electron chi connectivity index (χ4n) is 0.999. The standard InChI is InChI=1S/C9H11BrO3/c1-2-13-7-3-6(5-11)9(12)8(10)4-7/h3-4,11-12H,2,5H2,1H3. The van der Waals surface area contributed by atoms with Crippen LogP contribution in [0.5, 0.6) is 11.5 Å². The molecule has 0 amide bonds. The van der Waals surface area contributed by atoms with Crippen molar-refractivity contribution in [2.45, 2.75) is 13.5 Å². The van der Waals surface area contributed by atoms with E-state index in [-0.39, 0.29) is 12.4 Å². The molecule has 2 N–H and O–H groups in total. The van der Waals surface area contributed by atoms with E-state index in [0.29, 0.717) is 22.4 Å². The monoisotopic (exact) mass is 246 g/mol. The van der Waals surface area contributed by atoms with Crippen LogP contribution in [0.4, 0.5) is 0 Å². The van der Waals surface area contributed by atoms with Gasteiger partial charge >= 0.3 is 0 Å². The van der Waals surface area contributed by atoms with Gasteiger partial charge in [0.1, 0.15) is 11.5 Å². The van der Waals surface area contributed by atoms with Gasteiger partial charge in [-0.05, 0) is 35.0 Å². The third-order valence-electron chi connectivity index (χ3n) is 1.60. The molecule has 3 nitrogen and oxygen atoms in total. The average molecular weight is 247 g/mol. The zero-order chi connectivity index (χ0) is 9.84. The maximum atomic E-state index is 9.43. The minimum Gasteiger partial charge on any atom is -0.506 e. The van der Waals surface area contributed by atoms with E-state index in [1.807, 2.05) is 6.92 Å². The van der Waals surface area contributed by atoms with Crippen LogP contribution in [-0.2, 0) is 6.61 Å². The molecular formula is C9H11BrO3. The van der Waals surface area contributed by atoms with Gasteiger partial charge in [-0.15, -0.1) is 0 Å². The lowest BCUT2D eigenvalue weighted by molar-refractivity contribution is 0.273. The van der Waals surface area contributed by atoms with Crippen molar-refractivity contribution < 1.29 is 14.9 Å². The van der Waals surface area contributed by atoms with Crippen LogP contribution in [0.3, 0.4) is 0 Å². The fraction of sp³-hybridized carbons (Fsp3) is 0.333. The van der Waals surface area contributed by atoms with E-state index < -0.39 is 0 Å². The lowest BCUT2D eigenvalue weighted by Gasteiger charge is -2.08. The van der Waals surface area contributed by atoms with E-state index in [0.717, 1.165) is 0 Å². The quantitative estimate of drug-likeness (QED) is 0.859. The van der Waals surface area contributed by atoms with Crippen molar-refractivity contribution in [2.75, 3.05) is 6.61 Å². The fourth-order valence-corrected chi connectivity index (χ4v) is 1.48. The Morgan fingerprint density at radius 3 is 2.69 bits per heavy atom. The summed E-state index contributed by atoms with van der Waals surface area (Å²) in [4.78, 5) is 0. The van der Waals surface area contributed by atoms with Crippen LogP contribution in [0.1, 0.15) is 12.5 Å². The van der Waals surface area contributed by atoms with Crippen molar-refractivity contribution in [3.05, 3.63) is 22.2 Å². The molecule has 1 aromatic carbocycles. The smallest absolute Gasteiger partial charge is 0.135 e. The van der Waals surface area contributed by atoms with Gasteiger partial charge in [0, 0.05) is 5.56 Å².